The van der Waals surface area contributed by atoms with Crippen molar-refractivity contribution in [3.8, 4) is 0 Å². The molecule has 8 heteroatoms. The molecule has 0 radical (unpaired) electrons. The van der Waals surface area contributed by atoms with Crippen molar-refractivity contribution < 1.29 is 19.2 Å². The third-order valence-corrected chi connectivity index (χ3v) is 5.57. The summed E-state index contributed by atoms with van der Waals surface area (Å²) in [6.07, 6.45) is 3.08. The molecule has 2 aliphatic rings. The van der Waals surface area contributed by atoms with Crippen LogP contribution in [-0.4, -0.2) is 59.2 Å². The van der Waals surface area contributed by atoms with Crippen LogP contribution in [0.15, 0.2) is 18.2 Å². The van der Waals surface area contributed by atoms with E-state index in [9.17, 15) is 19.2 Å². The van der Waals surface area contributed by atoms with Crippen LogP contribution in [0.5, 0.6) is 0 Å². The zero-order chi connectivity index (χ0) is 22.3. The van der Waals surface area contributed by atoms with Crippen LogP contribution in [0.1, 0.15) is 50.8 Å². The van der Waals surface area contributed by atoms with Crippen molar-refractivity contribution in [3.05, 3.63) is 34.9 Å². The first-order valence-corrected chi connectivity index (χ1v) is 10.2. The summed E-state index contributed by atoms with van der Waals surface area (Å²) in [5.41, 5.74) is 1.58. The van der Waals surface area contributed by atoms with E-state index in [-0.39, 0.29) is 12.5 Å². The molecule has 1 aromatic rings. The number of hydrogen-bond donors (Lipinski definition) is 2. The summed E-state index contributed by atoms with van der Waals surface area (Å²) in [7, 11) is 1.47. The second kappa shape index (κ2) is 7.74. The summed E-state index contributed by atoms with van der Waals surface area (Å²) in [4.78, 5) is 52.4. The monoisotopic (exact) mass is 414 g/mol. The van der Waals surface area contributed by atoms with Crippen LogP contribution < -0.4 is 10.6 Å². The highest BCUT2D eigenvalue weighted by Gasteiger charge is 2.49. The Balaban J connectivity index is 1.69. The fourth-order valence-corrected chi connectivity index (χ4v) is 3.94. The van der Waals surface area contributed by atoms with E-state index in [0.29, 0.717) is 5.56 Å². The Morgan fingerprint density at radius 1 is 1.20 bits per heavy atom. The molecule has 3 rings (SSSR count). The van der Waals surface area contributed by atoms with Gasteiger partial charge in [-0.3, -0.25) is 19.3 Å². The highest BCUT2D eigenvalue weighted by Crippen LogP contribution is 2.32. The maximum Gasteiger partial charge on any atom is 0.325 e. The third kappa shape index (κ3) is 4.32. The maximum atomic E-state index is 13.1. The number of urea groups is 1. The molecular formula is C22H30N4O4. The van der Waals surface area contributed by atoms with E-state index in [0.717, 1.165) is 24.2 Å². The van der Waals surface area contributed by atoms with E-state index in [1.807, 2.05) is 39.0 Å². The molecule has 5 amide bonds. The van der Waals surface area contributed by atoms with Crippen LogP contribution in [-0.2, 0) is 32.8 Å². The predicted octanol–water partition coefficient (Wildman–Crippen LogP) is 1.32. The second-order valence-corrected chi connectivity index (χ2v) is 9.33. The molecule has 1 unspecified atom stereocenters. The Labute approximate surface area is 177 Å². The first-order valence-electron chi connectivity index (χ1n) is 10.2. The van der Waals surface area contributed by atoms with Gasteiger partial charge in [0.05, 0.1) is 6.54 Å². The highest BCUT2D eigenvalue weighted by molar-refractivity contribution is 6.09. The SMILES string of the molecule is CN(CC(=O)NC(C)(C)C)C(=O)CN1C(=O)NC(C)(c2ccc3c(c2)CCC3)C1=O. The number of carbonyl (C=O) groups is 4. The lowest BCUT2D eigenvalue weighted by atomic mass is 9.89. The zero-order valence-electron chi connectivity index (χ0n) is 18.3. The predicted molar refractivity (Wildman–Crippen MR) is 112 cm³/mol. The first-order chi connectivity index (χ1) is 13.9. The topological polar surface area (TPSA) is 98.8 Å². The Kier molecular flexibility index (Phi) is 5.62. The number of rotatable bonds is 5. The van der Waals surface area contributed by atoms with Gasteiger partial charge in [0.1, 0.15) is 12.1 Å². The van der Waals surface area contributed by atoms with Crippen molar-refractivity contribution >= 4 is 23.8 Å². The van der Waals surface area contributed by atoms with Gasteiger partial charge in [-0.1, -0.05) is 18.2 Å². The van der Waals surface area contributed by atoms with Crippen LogP contribution in [0, 0.1) is 0 Å². The fourth-order valence-electron chi connectivity index (χ4n) is 3.94. The Bertz CT molecular complexity index is 905. The number of imide groups is 1. The van der Waals surface area contributed by atoms with Crippen LogP contribution >= 0.6 is 0 Å². The number of likely N-dealkylation sites (N-methyl/N-ethyl adjacent to an activating group) is 1. The fraction of sp³-hybridized carbons (Fsp3) is 0.545. The van der Waals surface area contributed by atoms with Crippen molar-refractivity contribution in [2.45, 2.75) is 58.0 Å². The molecule has 0 spiro atoms. The van der Waals surface area contributed by atoms with Gasteiger partial charge in [0.2, 0.25) is 11.8 Å². The lowest BCUT2D eigenvalue weighted by Crippen LogP contribution is -2.48. The molecule has 1 saturated heterocycles. The van der Waals surface area contributed by atoms with E-state index in [1.54, 1.807) is 6.92 Å². The van der Waals surface area contributed by atoms with E-state index >= 15 is 0 Å². The van der Waals surface area contributed by atoms with Crippen molar-refractivity contribution in [1.82, 2.24) is 20.4 Å². The van der Waals surface area contributed by atoms with Gasteiger partial charge in [0.25, 0.3) is 5.91 Å². The number of nitrogens with one attached hydrogen (secondary N) is 2. The van der Waals surface area contributed by atoms with E-state index < -0.39 is 35.5 Å². The summed E-state index contributed by atoms with van der Waals surface area (Å²) >= 11 is 0. The van der Waals surface area contributed by atoms with Crippen LogP contribution in [0.4, 0.5) is 4.79 Å². The minimum atomic E-state index is -1.21. The number of fused-ring (bicyclic) bond motifs is 1. The van der Waals surface area contributed by atoms with Crippen molar-refractivity contribution in [2.75, 3.05) is 20.1 Å². The number of hydrogen-bond acceptors (Lipinski definition) is 4. The standard InChI is InChI=1S/C22H30N4O4/c1-21(2,3)23-17(27)12-25(5)18(28)13-26-19(29)22(4,24-20(26)30)16-10-9-14-7-6-8-15(14)11-16/h9-11H,6-8,12-13H2,1-5H3,(H,23,27)(H,24,30). The number of benzene rings is 1. The van der Waals surface area contributed by atoms with Gasteiger partial charge in [0, 0.05) is 12.6 Å². The summed E-state index contributed by atoms with van der Waals surface area (Å²) in [5, 5.41) is 5.52. The van der Waals surface area contributed by atoms with E-state index in [2.05, 4.69) is 10.6 Å². The largest absolute Gasteiger partial charge is 0.350 e. The molecule has 0 aromatic heterocycles. The second-order valence-electron chi connectivity index (χ2n) is 9.33. The number of carbonyl (C=O) groups excluding carboxylic acids is 4. The molecule has 1 aliphatic heterocycles. The van der Waals surface area contributed by atoms with Gasteiger partial charge in [-0.2, -0.15) is 0 Å². The molecule has 1 fully saturated rings. The summed E-state index contributed by atoms with van der Waals surface area (Å²) in [5.74, 6) is -1.26. The average molecular weight is 415 g/mol. The molecule has 1 aromatic carbocycles. The van der Waals surface area contributed by atoms with Crippen LogP contribution in [0.3, 0.4) is 0 Å². The molecule has 1 atom stereocenters. The molecule has 30 heavy (non-hydrogen) atoms. The smallest absolute Gasteiger partial charge is 0.325 e. The lowest BCUT2D eigenvalue weighted by Gasteiger charge is -2.25. The Morgan fingerprint density at radius 3 is 2.53 bits per heavy atom. The molecule has 162 valence electrons. The van der Waals surface area contributed by atoms with Crippen molar-refractivity contribution in [2.24, 2.45) is 0 Å². The average Bonchev–Trinajstić information content (AvgIpc) is 3.18. The third-order valence-electron chi connectivity index (χ3n) is 5.57. The maximum absolute atomic E-state index is 13.1. The number of amides is 5. The molecule has 8 nitrogen and oxygen atoms in total. The van der Waals surface area contributed by atoms with E-state index in [1.165, 1.54) is 23.1 Å². The van der Waals surface area contributed by atoms with Gasteiger partial charge < -0.3 is 15.5 Å². The highest BCUT2D eigenvalue weighted by atomic mass is 16.2. The van der Waals surface area contributed by atoms with Gasteiger partial charge >= 0.3 is 6.03 Å². The minimum Gasteiger partial charge on any atom is -0.350 e. The van der Waals surface area contributed by atoms with Crippen LogP contribution in [0.2, 0.25) is 0 Å². The quantitative estimate of drug-likeness (QED) is 0.710. The lowest BCUT2D eigenvalue weighted by molar-refractivity contribution is -0.139. The minimum absolute atomic E-state index is 0.151. The van der Waals surface area contributed by atoms with Crippen molar-refractivity contribution in [3.63, 3.8) is 0 Å². The molecule has 1 heterocycles. The number of aryl methyl sites for hydroxylation is 2. The summed E-state index contributed by atoms with van der Waals surface area (Å²) < 4.78 is 0. The Hall–Kier alpha value is -2.90. The zero-order valence-corrected chi connectivity index (χ0v) is 18.3. The van der Waals surface area contributed by atoms with Crippen molar-refractivity contribution in [1.29, 1.82) is 0 Å². The number of nitrogens with zero attached hydrogens (tertiary/aromatic N) is 2. The van der Waals surface area contributed by atoms with Gasteiger partial charge in [0.15, 0.2) is 0 Å². The van der Waals surface area contributed by atoms with Gasteiger partial charge in [-0.25, -0.2) is 4.79 Å². The summed E-state index contributed by atoms with van der Waals surface area (Å²) in [6.45, 7) is 6.64. The van der Waals surface area contributed by atoms with Crippen LogP contribution in [0.25, 0.3) is 0 Å². The molecule has 2 N–H and O–H groups in total. The molecular weight excluding hydrogens is 384 g/mol. The normalized spacial score (nSPS) is 20.8. The molecule has 1 aliphatic carbocycles. The van der Waals surface area contributed by atoms with E-state index in [4.69, 9.17) is 0 Å². The van der Waals surface area contributed by atoms with Gasteiger partial charge in [-0.05, 0) is 63.6 Å². The molecule has 0 bridgehead atoms. The Morgan fingerprint density at radius 2 is 1.87 bits per heavy atom. The summed E-state index contributed by atoms with van der Waals surface area (Å²) in [6, 6.07) is 5.26. The van der Waals surface area contributed by atoms with Gasteiger partial charge in [-0.15, -0.1) is 0 Å². The molecule has 0 saturated carbocycles. The first kappa shape index (κ1) is 21.8.